The number of unbranched alkanes of at least 4 members (excludes halogenated alkanes) is 2. The fourth-order valence-electron chi connectivity index (χ4n) is 2.10. The molecule has 4 nitrogen and oxygen atoms in total. The Hall–Kier alpha value is -1.17. The predicted molar refractivity (Wildman–Crippen MR) is 86.2 cm³/mol. The third-order valence-electron chi connectivity index (χ3n) is 3.18. The summed E-state index contributed by atoms with van der Waals surface area (Å²) in [5.74, 6) is 0.726. The van der Waals surface area contributed by atoms with E-state index in [-0.39, 0.29) is 6.61 Å². The molecule has 0 amide bonds. The first-order chi connectivity index (χ1) is 9.58. The number of hydrogen-bond acceptors (Lipinski definition) is 4. The molecule has 3 N–H and O–H groups in total. The second-order valence-electron chi connectivity index (χ2n) is 4.92. The van der Waals surface area contributed by atoms with Gasteiger partial charge < -0.3 is 20.5 Å². The van der Waals surface area contributed by atoms with Crippen LogP contribution in [-0.2, 0) is 6.54 Å². The van der Waals surface area contributed by atoms with Crippen LogP contribution in [0.15, 0.2) is 18.2 Å². The lowest BCUT2D eigenvalue weighted by molar-refractivity contribution is 0.271. The molecule has 0 saturated heterocycles. The quantitative estimate of drug-likeness (QED) is 0.538. The van der Waals surface area contributed by atoms with Gasteiger partial charge in [0.1, 0.15) is 10.7 Å². The van der Waals surface area contributed by atoms with E-state index in [0.717, 1.165) is 43.7 Å². The van der Waals surface area contributed by atoms with Crippen molar-refractivity contribution in [1.29, 1.82) is 0 Å². The van der Waals surface area contributed by atoms with Gasteiger partial charge in [-0.25, -0.2) is 0 Å². The van der Waals surface area contributed by atoms with Crippen molar-refractivity contribution in [2.24, 2.45) is 5.73 Å². The van der Waals surface area contributed by atoms with Crippen molar-refractivity contribution in [3.05, 3.63) is 29.3 Å². The number of aliphatic hydroxyl groups excluding tert-OH is 1. The summed E-state index contributed by atoms with van der Waals surface area (Å²) >= 11 is 5.00. The van der Waals surface area contributed by atoms with Gasteiger partial charge in [0.25, 0.3) is 0 Å². The molecule has 0 bridgehead atoms. The van der Waals surface area contributed by atoms with Crippen LogP contribution in [0.1, 0.15) is 30.4 Å². The smallest absolute Gasteiger partial charge is 0.129 e. The number of aliphatic hydroxyl groups is 1. The van der Waals surface area contributed by atoms with Crippen LogP contribution in [0, 0.1) is 0 Å². The normalized spacial score (nSPS) is 10.8. The Morgan fingerprint density at radius 2 is 2.10 bits per heavy atom. The number of benzene rings is 1. The van der Waals surface area contributed by atoms with E-state index < -0.39 is 0 Å². The Kier molecular flexibility index (Phi) is 7.51. The molecule has 0 unspecified atom stereocenters. The van der Waals surface area contributed by atoms with Crippen molar-refractivity contribution in [1.82, 2.24) is 4.90 Å². The zero-order valence-electron chi connectivity index (χ0n) is 12.3. The molecule has 0 heterocycles. The number of thiocarbonyl (C=S) groups is 1. The lowest BCUT2D eigenvalue weighted by Crippen LogP contribution is -2.19. The third kappa shape index (κ3) is 5.45. The fourth-order valence-corrected chi connectivity index (χ4v) is 2.27. The van der Waals surface area contributed by atoms with E-state index in [4.69, 9.17) is 27.8 Å². The highest BCUT2D eigenvalue weighted by atomic mass is 32.1. The minimum absolute atomic E-state index is 0.279. The monoisotopic (exact) mass is 296 g/mol. The highest BCUT2D eigenvalue weighted by Gasteiger charge is 2.08. The van der Waals surface area contributed by atoms with E-state index in [2.05, 4.69) is 11.9 Å². The van der Waals surface area contributed by atoms with Gasteiger partial charge in [0.05, 0.1) is 12.7 Å². The summed E-state index contributed by atoms with van der Waals surface area (Å²) in [7, 11) is 3.71. The van der Waals surface area contributed by atoms with Crippen LogP contribution in [0.3, 0.4) is 0 Å². The Labute approximate surface area is 126 Å². The van der Waals surface area contributed by atoms with Crippen LogP contribution in [-0.4, -0.2) is 42.3 Å². The number of nitrogens with two attached hydrogens (primary N) is 1. The molecule has 0 aliphatic rings. The Morgan fingerprint density at radius 1 is 1.35 bits per heavy atom. The van der Waals surface area contributed by atoms with Crippen molar-refractivity contribution in [2.45, 2.75) is 25.8 Å². The van der Waals surface area contributed by atoms with E-state index in [1.54, 1.807) is 7.11 Å². The number of hydrogen-bond donors (Lipinski definition) is 2. The summed E-state index contributed by atoms with van der Waals surface area (Å²) in [5.41, 5.74) is 7.60. The lowest BCUT2D eigenvalue weighted by Gasteiger charge is -2.17. The zero-order valence-corrected chi connectivity index (χ0v) is 13.1. The topological polar surface area (TPSA) is 58.7 Å². The molecule has 1 rings (SSSR count). The summed E-state index contributed by atoms with van der Waals surface area (Å²) in [4.78, 5) is 2.61. The molecule has 5 heteroatoms. The van der Waals surface area contributed by atoms with Crippen molar-refractivity contribution >= 4 is 17.2 Å². The van der Waals surface area contributed by atoms with E-state index in [1.165, 1.54) is 5.56 Å². The molecule has 1 aromatic rings. The first kappa shape index (κ1) is 16.9. The highest BCUT2D eigenvalue weighted by molar-refractivity contribution is 7.80. The molecular weight excluding hydrogens is 272 g/mol. The molecule has 112 valence electrons. The second-order valence-corrected chi connectivity index (χ2v) is 5.36. The molecule has 1 aromatic carbocycles. The van der Waals surface area contributed by atoms with E-state index >= 15 is 0 Å². The average Bonchev–Trinajstić information content (AvgIpc) is 2.43. The summed E-state index contributed by atoms with van der Waals surface area (Å²) in [6, 6.07) is 5.93. The highest BCUT2D eigenvalue weighted by Crippen LogP contribution is 2.21. The van der Waals surface area contributed by atoms with Gasteiger partial charge in [-0.3, -0.25) is 0 Å². The summed E-state index contributed by atoms with van der Waals surface area (Å²) in [5, 5.41) is 8.75. The van der Waals surface area contributed by atoms with E-state index in [1.807, 2.05) is 18.2 Å². The minimum atomic E-state index is 0.279. The zero-order chi connectivity index (χ0) is 15.0. The molecule has 0 fully saturated rings. The Balaban J connectivity index is 2.57. The van der Waals surface area contributed by atoms with E-state index in [9.17, 15) is 0 Å². The van der Waals surface area contributed by atoms with Gasteiger partial charge in [-0.2, -0.15) is 0 Å². The van der Waals surface area contributed by atoms with Gasteiger partial charge in [0.15, 0.2) is 0 Å². The molecule has 0 spiro atoms. The number of nitrogens with zero attached hydrogens (tertiary/aromatic N) is 1. The molecule has 0 aromatic heterocycles. The van der Waals surface area contributed by atoms with E-state index in [0.29, 0.717) is 4.99 Å². The first-order valence-electron chi connectivity index (χ1n) is 6.84. The number of rotatable bonds is 9. The summed E-state index contributed by atoms with van der Waals surface area (Å²) < 4.78 is 5.33. The standard InChI is InChI=1S/C15H24N2O2S/c1-17(8-4-3-5-9-18)11-12-6-7-13(15(16)20)14(10-12)19-2/h6-7,10,18H,3-5,8-9,11H2,1-2H3,(H2,16,20). The van der Waals surface area contributed by atoms with Gasteiger partial charge in [-0.1, -0.05) is 18.3 Å². The largest absolute Gasteiger partial charge is 0.496 e. The number of methoxy groups -OCH3 is 1. The molecule has 0 atom stereocenters. The van der Waals surface area contributed by atoms with Crippen LogP contribution in [0.4, 0.5) is 0 Å². The van der Waals surface area contributed by atoms with Crippen molar-refractivity contribution in [3.8, 4) is 5.75 Å². The van der Waals surface area contributed by atoms with Crippen molar-refractivity contribution in [2.75, 3.05) is 27.3 Å². The third-order valence-corrected chi connectivity index (χ3v) is 3.40. The van der Waals surface area contributed by atoms with Crippen LogP contribution in [0.25, 0.3) is 0 Å². The fraction of sp³-hybridized carbons (Fsp3) is 0.533. The Bertz CT molecular complexity index is 438. The molecule has 0 aliphatic carbocycles. The van der Waals surface area contributed by atoms with Gasteiger partial charge in [-0.15, -0.1) is 0 Å². The predicted octanol–water partition coefficient (Wildman–Crippen LogP) is 1.92. The summed E-state index contributed by atoms with van der Waals surface area (Å²) in [6.07, 6.45) is 3.04. The van der Waals surface area contributed by atoms with Crippen molar-refractivity contribution in [3.63, 3.8) is 0 Å². The maximum Gasteiger partial charge on any atom is 0.129 e. The van der Waals surface area contributed by atoms with Gasteiger partial charge in [0.2, 0.25) is 0 Å². The average molecular weight is 296 g/mol. The molecule has 0 radical (unpaired) electrons. The molecule has 0 aliphatic heterocycles. The summed E-state index contributed by atoms with van der Waals surface area (Å²) in [6.45, 7) is 2.15. The SMILES string of the molecule is COc1cc(CN(C)CCCCCO)ccc1C(N)=S. The molecular formula is C15H24N2O2S. The second kappa shape index (κ2) is 8.89. The van der Waals surface area contributed by atoms with Gasteiger partial charge in [-0.05, 0) is 50.6 Å². The van der Waals surface area contributed by atoms with Crippen LogP contribution in [0.5, 0.6) is 5.75 Å². The number of ether oxygens (including phenoxy) is 1. The van der Waals surface area contributed by atoms with Crippen LogP contribution in [0.2, 0.25) is 0 Å². The van der Waals surface area contributed by atoms with Crippen LogP contribution >= 0.6 is 12.2 Å². The van der Waals surface area contributed by atoms with Crippen molar-refractivity contribution < 1.29 is 9.84 Å². The minimum Gasteiger partial charge on any atom is -0.496 e. The lowest BCUT2D eigenvalue weighted by atomic mass is 10.1. The van der Waals surface area contributed by atoms with Gasteiger partial charge >= 0.3 is 0 Å². The van der Waals surface area contributed by atoms with Gasteiger partial charge in [0, 0.05) is 13.2 Å². The maximum atomic E-state index is 8.75. The van der Waals surface area contributed by atoms with Crippen LogP contribution < -0.4 is 10.5 Å². The molecule has 0 saturated carbocycles. The maximum absolute atomic E-state index is 8.75. The molecule has 20 heavy (non-hydrogen) atoms. The Morgan fingerprint density at radius 3 is 2.70 bits per heavy atom. The first-order valence-corrected chi connectivity index (χ1v) is 7.25.